The highest BCUT2D eigenvalue weighted by Gasteiger charge is 2.19. The predicted molar refractivity (Wildman–Crippen MR) is 343 cm³/mol. The minimum Gasteiger partial charge on any atom is -0.462 e. The summed E-state index contributed by atoms with van der Waals surface area (Å²) in [6, 6.07) is 0. The van der Waals surface area contributed by atoms with E-state index in [2.05, 4.69) is 154 Å². The summed E-state index contributed by atoms with van der Waals surface area (Å²) < 4.78 is 16.8. The second-order valence-corrected chi connectivity index (χ2v) is 20.9. The molecule has 1 unspecified atom stereocenters. The molecule has 0 aromatic rings. The minimum absolute atomic E-state index is 0.116. The molecule has 6 nitrogen and oxygen atoms in total. The summed E-state index contributed by atoms with van der Waals surface area (Å²) in [5.74, 6) is -1.03. The van der Waals surface area contributed by atoms with Crippen LogP contribution in [-0.4, -0.2) is 37.2 Å². The van der Waals surface area contributed by atoms with Crippen LogP contribution in [0, 0.1) is 0 Å². The Labute approximate surface area is 487 Å². The van der Waals surface area contributed by atoms with Gasteiger partial charge in [-0.3, -0.25) is 14.4 Å². The number of hydrogen-bond donors (Lipinski definition) is 0. The quantitative estimate of drug-likeness (QED) is 0.0261. The van der Waals surface area contributed by atoms with Crippen LogP contribution in [-0.2, 0) is 28.6 Å². The predicted octanol–water partition coefficient (Wildman–Crippen LogP) is 22.3. The van der Waals surface area contributed by atoms with E-state index in [1.807, 2.05) is 12.2 Å². The average molecular weight is 1090 g/mol. The fraction of sp³-hybridized carbons (Fsp3) is 0.630. The lowest BCUT2D eigenvalue weighted by atomic mass is 10.0. The molecule has 0 saturated heterocycles. The van der Waals surface area contributed by atoms with Crippen molar-refractivity contribution in [3.8, 4) is 0 Å². The van der Waals surface area contributed by atoms with E-state index in [0.29, 0.717) is 12.8 Å². The Morgan fingerprint density at radius 3 is 0.848 bits per heavy atom. The molecule has 0 N–H and O–H groups in total. The summed E-state index contributed by atoms with van der Waals surface area (Å²) in [7, 11) is 0. The van der Waals surface area contributed by atoms with Gasteiger partial charge in [-0.15, -0.1) is 0 Å². The molecule has 0 amide bonds. The van der Waals surface area contributed by atoms with Crippen LogP contribution in [0.2, 0.25) is 0 Å². The SMILES string of the molecule is CC/C=C\C/C=C\C/C=C\C/C=C\C/C=C\C/C=C\CCCCCCC(=O)OC(COC(=O)CC/C=C\C/C=C\C/C=C\C/C=C\CC)COC(=O)CCCCCCCCCCCCCCC/C=C\C/C=C\CCCCCCC. The first kappa shape index (κ1) is 74.3. The highest BCUT2D eigenvalue weighted by molar-refractivity contribution is 5.71. The van der Waals surface area contributed by atoms with Gasteiger partial charge in [0.05, 0.1) is 0 Å². The van der Waals surface area contributed by atoms with Gasteiger partial charge in [0.1, 0.15) is 13.2 Å². The van der Waals surface area contributed by atoms with E-state index >= 15 is 0 Å². The fourth-order valence-electron chi connectivity index (χ4n) is 8.55. The lowest BCUT2D eigenvalue weighted by Gasteiger charge is -2.18. The van der Waals surface area contributed by atoms with Crippen molar-refractivity contribution in [1.82, 2.24) is 0 Å². The average Bonchev–Trinajstić information content (AvgIpc) is 3.45. The van der Waals surface area contributed by atoms with Crippen molar-refractivity contribution in [3.05, 3.63) is 146 Å². The fourth-order valence-corrected chi connectivity index (χ4v) is 8.55. The Bertz CT molecular complexity index is 1730. The molecule has 0 bridgehead atoms. The van der Waals surface area contributed by atoms with Crippen LogP contribution < -0.4 is 0 Å². The molecule has 1 atom stereocenters. The molecule has 6 heteroatoms. The standard InChI is InChI=1S/C73H118O6/c1-4-7-10-13-16-19-22-25-27-29-31-33-35-36-38-39-41-43-45-48-51-54-57-60-63-66-72(75)78-69-70(68-77-71(74)65-62-59-56-53-50-47-24-21-18-15-12-9-6-3)79-73(76)67-64-61-58-55-52-49-46-44-42-40-37-34-32-30-28-26-23-20-17-14-11-8-5-2/h8-9,11-12,17-18,20-22,25-26,28-29,31-32,34,40,42,46-47,49-50,56,59,70H,4-7,10,13-16,19,23-24,27,30,33,35-39,41,43-45,48,51-55,57-58,60-69H2,1-3H3/b11-8-,12-9-,20-17-,21-18-,25-22-,28-26-,31-29-,34-32-,42-40-,49-46-,50-47-,59-56-. The van der Waals surface area contributed by atoms with Gasteiger partial charge in [0, 0.05) is 19.3 Å². The summed E-state index contributed by atoms with van der Waals surface area (Å²) in [5.41, 5.74) is 0. The van der Waals surface area contributed by atoms with Gasteiger partial charge in [-0.05, 0) is 128 Å². The van der Waals surface area contributed by atoms with Gasteiger partial charge >= 0.3 is 17.9 Å². The Morgan fingerprint density at radius 1 is 0.266 bits per heavy atom. The number of esters is 3. The lowest BCUT2D eigenvalue weighted by molar-refractivity contribution is -0.166. The summed E-state index contributed by atoms with van der Waals surface area (Å²) in [5, 5.41) is 0. The molecule has 0 aliphatic rings. The first-order chi connectivity index (χ1) is 39.0. The first-order valence-corrected chi connectivity index (χ1v) is 32.3. The molecule has 0 fully saturated rings. The Kier molecular flexibility index (Phi) is 61.9. The summed E-state index contributed by atoms with van der Waals surface area (Å²) in [6.07, 6.45) is 94.4. The van der Waals surface area contributed by atoms with Gasteiger partial charge in [-0.1, -0.05) is 276 Å². The number of allylic oxidation sites excluding steroid dienone is 24. The smallest absolute Gasteiger partial charge is 0.306 e. The third kappa shape index (κ3) is 64.0. The number of carbonyl (C=O) groups excluding carboxylic acids is 3. The van der Waals surface area contributed by atoms with E-state index in [-0.39, 0.29) is 44.0 Å². The second kappa shape index (κ2) is 65.8. The van der Waals surface area contributed by atoms with Crippen molar-refractivity contribution in [2.45, 2.75) is 284 Å². The van der Waals surface area contributed by atoms with Crippen LogP contribution in [0.4, 0.5) is 0 Å². The maximum Gasteiger partial charge on any atom is 0.306 e. The Hall–Kier alpha value is -4.71. The van der Waals surface area contributed by atoms with E-state index in [4.69, 9.17) is 14.2 Å². The van der Waals surface area contributed by atoms with Crippen molar-refractivity contribution in [1.29, 1.82) is 0 Å². The van der Waals surface area contributed by atoms with Gasteiger partial charge < -0.3 is 14.2 Å². The largest absolute Gasteiger partial charge is 0.462 e. The van der Waals surface area contributed by atoms with Crippen molar-refractivity contribution < 1.29 is 28.6 Å². The summed E-state index contributed by atoms with van der Waals surface area (Å²) in [4.78, 5) is 38.3. The lowest BCUT2D eigenvalue weighted by Crippen LogP contribution is -2.30. The highest BCUT2D eigenvalue weighted by atomic mass is 16.6. The van der Waals surface area contributed by atoms with Crippen LogP contribution >= 0.6 is 0 Å². The van der Waals surface area contributed by atoms with Gasteiger partial charge in [0.25, 0.3) is 0 Å². The summed E-state index contributed by atoms with van der Waals surface area (Å²) >= 11 is 0. The van der Waals surface area contributed by atoms with Crippen molar-refractivity contribution in [2.75, 3.05) is 13.2 Å². The zero-order chi connectivity index (χ0) is 57.1. The normalized spacial score (nSPS) is 13.1. The molecular formula is C73H118O6. The number of ether oxygens (including phenoxy) is 3. The molecule has 0 aliphatic carbocycles. The van der Waals surface area contributed by atoms with Gasteiger partial charge in [0.15, 0.2) is 6.10 Å². The number of carbonyl (C=O) groups is 3. The zero-order valence-electron chi connectivity index (χ0n) is 51.1. The number of hydrogen-bond acceptors (Lipinski definition) is 6. The third-order valence-corrected chi connectivity index (χ3v) is 13.3. The van der Waals surface area contributed by atoms with Gasteiger partial charge in [-0.2, -0.15) is 0 Å². The zero-order valence-corrected chi connectivity index (χ0v) is 51.1. The van der Waals surface area contributed by atoms with Crippen molar-refractivity contribution in [3.63, 3.8) is 0 Å². The monoisotopic (exact) mass is 1090 g/mol. The minimum atomic E-state index is -0.828. The van der Waals surface area contributed by atoms with E-state index in [1.165, 1.54) is 109 Å². The molecule has 446 valence electrons. The highest BCUT2D eigenvalue weighted by Crippen LogP contribution is 2.15. The number of unbranched alkanes of at least 4 members (excludes halogenated alkanes) is 22. The van der Waals surface area contributed by atoms with Crippen LogP contribution in [0.25, 0.3) is 0 Å². The van der Waals surface area contributed by atoms with E-state index in [9.17, 15) is 14.4 Å². The maximum absolute atomic E-state index is 12.9. The molecule has 0 heterocycles. The van der Waals surface area contributed by atoms with Crippen molar-refractivity contribution >= 4 is 17.9 Å². The molecule has 0 aromatic carbocycles. The van der Waals surface area contributed by atoms with Crippen LogP contribution in [0.1, 0.15) is 278 Å². The molecule has 0 spiro atoms. The number of rotatable bonds is 57. The third-order valence-electron chi connectivity index (χ3n) is 13.3. The Balaban J connectivity index is 4.43. The van der Waals surface area contributed by atoms with Gasteiger partial charge in [0.2, 0.25) is 0 Å². The first-order valence-electron chi connectivity index (χ1n) is 32.3. The molecule has 0 aromatic heterocycles. The van der Waals surface area contributed by atoms with Crippen LogP contribution in [0.5, 0.6) is 0 Å². The maximum atomic E-state index is 12.9. The Morgan fingerprint density at radius 2 is 0.519 bits per heavy atom. The molecule has 0 radical (unpaired) electrons. The molecule has 0 saturated carbocycles. The summed E-state index contributed by atoms with van der Waals surface area (Å²) in [6.45, 7) is 6.32. The second-order valence-electron chi connectivity index (χ2n) is 20.9. The van der Waals surface area contributed by atoms with E-state index in [0.717, 1.165) is 122 Å². The van der Waals surface area contributed by atoms with E-state index in [1.54, 1.807) is 0 Å². The van der Waals surface area contributed by atoms with Crippen molar-refractivity contribution in [2.24, 2.45) is 0 Å². The topological polar surface area (TPSA) is 78.9 Å². The van der Waals surface area contributed by atoms with Crippen LogP contribution in [0.3, 0.4) is 0 Å². The molecule has 0 rings (SSSR count). The molecule has 0 aliphatic heterocycles. The van der Waals surface area contributed by atoms with Crippen LogP contribution in [0.15, 0.2) is 146 Å². The molecular weight excluding hydrogens is 973 g/mol. The molecule has 79 heavy (non-hydrogen) atoms. The van der Waals surface area contributed by atoms with E-state index < -0.39 is 6.10 Å². The van der Waals surface area contributed by atoms with Gasteiger partial charge in [-0.25, -0.2) is 0 Å².